The highest BCUT2D eigenvalue weighted by molar-refractivity contribution is 6.03. The first-order valence-corrected chi connectivity index (χ1v) is 6.50. The van der Waals surface area contributed by atoms with Crippen molar-refractivity contribution in [3.8, 4) is 0 Å². The van der Waals surface area contributed by atoms with Crippen LogP contribution in [0.3, 0.4) is 0 Å². The first kappa shape index (κ1) is 13.1. The Morgan fingerprint density at radius 2 is 2.14 bits per heavy atom. The van der Waals surface area contributed by atoms with Crippen molar-refractivity contribution in [1.29, 1.82) is 0 Å². The van der Waals surface area contributed by atoms with Crippen LogP contribution in [-0.2, 0) is 6.42 Å². The molecule has 2 aromatic rings. The molecule has 1 aliphatic rings. The molecule has 0 unspecified atom stereocenters. The molecule has 0 spiro atoms. The molecule has 2 amide bonds. The smallest absolute Gasteiger partial charge is 0.335 e. The summed E-state index contributed by atoms with van der Waals surface area (Å²) in [6, 6.07) is 8.06. The maximum atomic E-state index is 12.3. The molecule has 0 radical (unpaired) electrons. The summed E-state index contributed by atoms with van der Waals surface area (Å²) in [6.07, 6.45) is 3.85. The van der Waals surface area contributed by atoms with Crippen LogP contribution in [0.15, 0.2) is 42.7 Å². The first-order chi connectivity index (χ1) is 10.1. The molecule has 2 heterocycles. The van der Waals surface area contributed by atoms with Gasteiger partial charge in [-0.15, -0.1) is 0 Å². The van der Waals surface area contributed by atoms with Gasteiger partial charge in [0.2, 0.25) is 0 Å². The lowest BCUT2D eigenvalue weighted by molar-refractivity contribution is 0.0697. The number of urea groups is 1. The van der Waals surface area contributed by atoms with Crippen LogP contribution in [0.2, 0.25) is 0 Å². The standard InChI is InChI=1S/C15H13N3O3/c19-14(20)11-3-4-13-10(8-11)5-7-18(13)15(21)17-12-2-1-6-16-9-12/h1-4,6,8-9H,5,7H2,(H,17,21)(H,19,20). The van der Waals surface area contributed by atoms with Crippen molar-refractivity contribution in [2.24, 2.45) is 0 Å². The van der Waals surface area contributed by atoms with E-state index in [2.05, 4.69) is 10.3 Å². The molecular weight excluding hydrogens is 270 g/mol. The second kappa shape index (κ2) is 5.24. The van der Waals surface area contributed by atoms with E-state index in [0.717, 1.165) is 11.3 Å². The maximum Gasteiger partial charge on any atom is 0.335 e. The molecule has 0 fully saturated rings. The van der Waals surface area contributed by atoms with Gasteiger partial charge in [-0.3, -0.25) is 9.88 Å². The van der Waals surface area contributed by atoms with Gasteiger partial charge in [0.05, 0.1) is 17.4 Å². The second-order valence-corrected chi connectivity index (χ2v) is 4.72. The minimum atomic E-state index is -0.962. The Labute approximate surface area is 121 Å². The Balaban J connectivity index is 1.81. The molecule has 2 N–H and O–H groups in total. The van der Waals surface area contributed by atoms with Gasteiger partial charge in [-0.2, -0.15) is 0 Å². The highest BCUT2D eigenvalue weighted by Gasteiger charge is 2.25. The van der Waals surface area contributed by atoms with Gasteiger partial charge in [0.25, 0.3) is 0 Å². The zero-order chi connectivity index (χ0) is 14.8. The molecule has 6 heteroatoms. The number of carboxylic acids is 1. The fourth-order valence-electron chi connectivity index (χ4n) is 2.37. The zero-order valence-corrected chi connectivity index (χ0v) is 11.1. The Bertz CT molecular complexity index is 701. The van der Waals surface area contributed by atoms with Gasteiger partial charge in [0, 0.05) is 18.4 Å². The summed E-state index contributed by atoms with van der Waals surface area (Å²) in [5, 5.41) is 11.8. The average Bonchev–Trinajstić information content (AvgIpc) is 2.91. The van der Waals surface area contributed by atoms with E-state index in [1.807, 2.05) is 0 Å². The number of hydrogen-bond donors (Lipinski definition) is 2. The summed E-state index contributed by atoms with van der Waals surface area (Å²) in [4.78, 5) is 28.8. The monoisotopic (exact) mass is 283 g/mol. The van der Waals surface area contributed by atoms with Gasteiger partial charge in [-0.05, 0) is 42.3 Å². The number of aromatic nitrogens is 1. The van der Waals surface area contributed by atoms with E-state index in [-0.39, 0.29) is 11.6 Å². The third kappa shape index (κ3) is 2.55. The highest BCUT2D eigenvalue weighted by atomic mass is 16.4. The van der Waals surface area contributed by atoms with E-state index < -0.39 is 5.97 Å². The minimum Gasteiger partial charge on any atom is -0.478 e. The maximum absolute atomic E-state index is 12.3. The van der Waals surface area contributed by atoms with Crippen molar-refractivity contribution in [2.45, 2.75) is 6.42 Å². The van der Waals surface area contributed by atoms with Crippen molar-refractivity contribution in [1.82, 2.24) is 4.98 Å². The summed E-state index contributed by atoms with van der Waals surface area (Å²) in [7, 11) is 0. The van der Waals surface area contributed by atoms with Gasteiger partial charge in [-0.1, -0.05) is 0 Å². The fraction of sp³-hybridized carbons (Fsp3) is 0.133. The van der Waals surface area contributed by atoms with Crippen LogP contribution < -0.4 is 10.2 Å². The Morgan fingerprint density at radius 3 is 2.86 bits per heavy atom. The highest BCUT2D eigenvalue weighted by Crippen LogP contribution is 2.29. The number of rotatable bonds is 2. The van der Waals surface area contributed by atoms with Crippen molar-refractivity contribution < 1.29 is 14.7 Å². The lowest BCUT2D eigenvalue weighted by atomic mass is 10.1. The van der Waals surface area contributed by atoms with Crippen LogP contribution in [0.25, 0.3) is 0 Å². The molecule has 21 heavy (non-hydrogen) atoms. The molecule has 1 aromatic carbocycles. The number of nitrogens with zero attached hydrogens (tertiary/aromatic N) is 2. The lowest BCUT2D eigenvalue weighted by Crippen LogP contribution is -2.33. The average molecular weight is 283 g/mol. The van der Waals surface area contributed by atoms with Gasteiger partial charge < -0.3 is 10.4 Å². The molecule has 0 aliphatic carbocycles. The number of nitrogens with one attached hydrogen (secondary N) is 1. The van der Waals surface area contributed by atoms with Gasteiger partial charge in [-0.25, -0.2) is 9.59 Å². The third-order valence-electron chi connectivity index (χ3n) is 3.38. The predicted molar refractivity (Wildman–Crippen MR) is 77.7 cm³/mol. The van der Waals surface area contributed by atoms with Crippen LogP contribution in [-0.4, -0.2) is 28.6 Å². The number of carbonyl (C=O) groups is 2. The molecule has 3 rings (SSSR count). The zero-order valence-electron chi connectivity index (χ0n) is 11.1. The quantitative estimate of drug-likeness (QED) is 0.886. The van der Waals surface area contributed by atoms with Crippen molar-refractivity contribution in [2.75, 3.05) is 16.8 Å². The van der Waals surface area contributed by atoms with E-state index in [1.54, 1.807) is 41.6 Å². The summed E-state index contributed by atoms with van der Waals surface area (Å²) >= 11 is 0. The number of pyridine rings is 1. The minimum absolute atomic E-state index is 0.239. The van der Waals surface area contributed by atoms with Gasteiger partial charge >= 0.3 is 12.0 Å². The SMILES string of the molecule is O=C(O)c1ccc2c(c1)CCN2C(=O)Nc1cccnc1. The molecule has 106 valence electrons. The van der Waals surface area contributed by atoms with Crippen LogP contribution in [0.5, 0.6) is 0 Å². The number of carboxylic acid groups (broad SMARTS) is 1. The van der Waals surface area contributed by atoms with Crippen LogP contribution in [0, 0.1) is 0 Å². The summed E-state index contributed by atoms with van der Waals surface area (Å²) in [5.41, 5.74) is 2.49. The molecule has 0 atom stereocenters. The predicted octanol–water partition coefficient (Wildman–Crippen LogP) is 2.37. The second-order valence-electron chi connectivity index (χ2n) is 4.72. The number of benzene rings is 1. The van der Waals surface area contributed by atoms with Crippen LogP contribution in [0.1, 0.15) is 15.9 Å². The molecule has 0 saturated heterocycles. The summed E-state index contributed by atoms with van der Waals surface area (Å²) in [6.45, 7) is 0.532. The number of hydrogen-bond acceptors (Lipinski definition) is 3. The van der Waals surface area contributed by atoms with Crippen molar-refractivity contribution in [3.63, 3.8) is 0 Å². The molecule has 0 bridgehead atoms. The van der Waals surface area contributed by atoms with E-state index in [0.29, 0.717) is 18.7 Å². The van der Waals surface area contributed by atoms with Gasteiger partial charge in [0.1, 0.15) is 0 Å². The normalized spacial score (nSPS) is 12.9. The van der Waals surface area contributed by atoms with Gasteiger partial charge in [0.15, 0.2) is 0 Å². The van der Waals surface area contributed by atoms with Crippen molar-refractivity contribution >= 4 is 23.4 Å². The van der Waals surface area contributed by atoms with E-state index in [9.17, 15) is 9.59 Å². The number of aromatic carboxylic acids is 1. The van der Waals surface area contributed by atoms with Crippen molar-refractivity contribution in [3.05, 3.63) is 53.9 Å². The van der Waals surface area contributed by atoms with E-state index >= 15 is 0 Å². The summed E-state index contributed by atoms with van der Waals surface area (Å²) in [5.74, 6) is -0.962. The number of carbonyl (C=O) groups excluding carboxylic acids is 1. The topological polar surface area (TPSA) is 82.5 Å². The number of fused-ring (bicyclic) bond motifs is 1. The Kier molecular flexibility index (Phi) is 3.27. The third-order valence-corrected chi connectivity index (χ3v) is 3.38. The Morgan fingerprint density at radius 1 is 1.29 bits per heavy atom. The molecule has 1 aliphatic heterocycles. The largest absolute Gasteiger partial charge is 0.478 e. The number of amides is 2. The molecule has 1 aromatic heterocycles. The fourth-order valence-corrected chi connectivity index (χ4v) is 2.37. The first-order valence-electron chi connectivity index (χ1n) is 6.50. The number of anilines is 2. The van der Waals surface area contributed by atoms with E-state index in [1.165, 1.54) is 6.07 Å². The molecular formula is C15H13N3O3. The van der Waals surface area contributed by atoms with E-state index in [4.69, 9.17) is 5.11 Å². The van der Waals surface area contributed by atoms with Crippen LogP contribution in [0.4, 0.5) is 16.2 Å². The molecule has 0 saturated carbocycles. The van der Waals surface area contributed by atoms with Crippen LogP contribution >= 0.6 is 0 Å². The summed E-state index contributed by atoms with van der Waals surface area (Å²) < 4.78 is 0. The Hall–Kier alpha value is -2.89. The lowest BCUT2D eigenvalue weighted by Gasteiger charge is -2.18. The molecule has 6 nitrogen and oxygen atoms in total.